The summed E-state index contributed by atoms with van der Waals surface area (Å²) in [5.41, 5.74) is -0.438. The fourth-order valence-corrected chi connectivity index (χ4v) is 3.07. The molecule has 8 nitrogen and oxygen atoms in total. The van der Waals surface area contributed by atoms with Gasteiger partial charge in [0.1, 0.15) is 23.0 Å². The number of aromatic nitrogens is 5. The second kappa shape index (κ2) is 7.39. The highest BCUT2D eigenvalue weighted by Crippen LogP contribution is 2.19. The number of carbonyl (C=O) groups is 1. The molecule has 0 atom stereocenters. The predicted molar refractivity (Wildman–Crippen MR) is 94.6 cm³/mol. The minimum absolute atomic E-state index is 0.00749. The molecule has 0 radical (unpaired) electrons. The van der Waals surface area contributed by atoms with Crippen LogP contribution in [0.25, 0.3) is 10.7 Å². The quantitative estimate of drug-likeness (QED) is 0.650. The molecule has 130 valence electrons. The zero-order valence-electron chi connectivity index (χ0n) is 13.9. The van der Waals surface area contributed by atoms with E-state index in [0.717, 1.165) is 16.5 Å². The fourth-order valence-electron chi connectivity index (χ4n) is 2.39. The summed E-state index contributed by atoms with van der Waals surface area (Å²) < 4.78 is 1.80. The minimum atomic E-state index is -0.446. The van der Waals surface area contributed by atoms with E-state index in [-0.39, 0.29) is 5.56 Å². The van der Waals surface area contributed by atoms with Crippen molar-refractivity contribution in [2.45, 2.75) is 26.8 Å². The van der Waals surface area contributed by atoms with Crippen molar-refractivity contribution >= 4 is 17.2 Å². The Bertz CT molecular complexity index is 929. The molecule has 0 saturated heterocycles. The molecule has 25 heavy (non-hydrogen) atoms. The van der Waals surface area contributed by atoms with E-state index >= 15 is 0 Å². The molecule has 0 aromatic carbocycles. The van der Waals surface area contributed by atoms with Crippen molar-refractivity contribution in [2.24, 2.45) is 0 Å². The smallest absolute Gasteiger partial charge is 0.264 e. The van der Waals surface area contributed by atoms with Gasteiger partial charge < -0.3 is 10.3 Å². The molecule has 0 bridgehead atoms. The molecule has 0 aliphatic heterocycles. The number of nitrogens with zero attached hydrogens (tertiary/aromatic N) is 4. The molecule has 3 heterocycles. The third kappa shape index (κ3) is 4.00. The number of aromatic amines is 1. The second-order valence-electron chi connectivity index (χ2n) is 5.49. The van der Waals surface area contributed by atoms with Crippen molar-refractivity contribution in [3.8, 4) is 10.7 Å². The highest BCUT2D eigenvalue weighted by Gasteiger charge is 2.12. The molecule has 0 aliphatic rings. The molecule has 0 fully saturated rings. The lowest BCUT2D eigenvalue weighted by Crippen LogP contribution is -2.31. The first kappa shape index (κ1) is 17.0. The third-order valence-corrected chi connectivity index (χ3v) is 4.47. The maximum Gasteiger partial charge on any atom is 0.264 e. The van der Waals surface area contributed by atoms with E-state index in [4.69, 9.17) is 0 Å². The van der Waals surface area contributed by atoms with E-state index in [0.29, 0.717) is 25.3 Å². The Kier molecular flexibility index (Phi) is 5.03. The van der Waals surface area contributed by atoms with E-state index in [1.807, 2.05) is 31.4 Å². The van der Waals surface area contributed by atoms with Gasteiger partial charge in [-0.3, -0.25) is 14.3 Å². The van der Waals surface area contributed by atoms with Gasteiger partial charge in [0, 0.05) is 19.3 Å². The van der Waals surface area contributed by atoms with Crippen LogP contribution in [0.3, 0.4) is 0 Å². The summed E-state index contributed by atoms with van der Waals surface area (Å²) in [5, 5.41) is 8.89. The maximum atomic E-state index is 12.1. The first-order valence-electron chi connectivity index (χ1n) is 7.84. The van der Waals surface area contributed by atoms with Gasteiger partial charge in [-0.05, 0) is 31.7 Å². The van der Waals surface area contributed by atoms with Crippen LogP contribution >= 0.6 is 11.3 Å². The largest absolute Gasteiger partial charge is 0.352 e. The molecule has 9 heteroatoms. The fraction of sp³-hybridized carbons (Fsp3) is 0.312. The zero-order chi connectivity index (χ0) is 17.8. The number of nitrogens with one attached hydrogen (secondary N) is 2. The third-order valence-electron chi connectivity index (χ3n) is 3.59. The molecule has 3 rings (SSSR count). The van der Waals surface area contributed by atoms with Crippen molar-refractivity contribution in [3.63, 3.8) is 0 Å². The number of carbonyl (C=O) groups excluding carboxylic acids is 1. The summed E-state index contributed by atoms with van der Waals surface area (Å²) >= 11 is 1.47. The monoisotopic (exact) mass is 358 g/mol. The van der Waals surface area contributed by atoms with Crippen LogP contribution in [0.1, 0.15) is 28.4 Å². The Labute approximate surface area is 148 Å². The van der Waals surface area contributed by atoms with E-state index in [1.165, 1.54) is 17.5 Å². The Balaban J connectivity index is 1.56. The van der Waals surface area contributed by atoms with Gasteiger partial charge in [-0.15, -0.1) is 11.3 Å². The van der Waals surface area contributed by atoms with E-state index in [9.17, 15) is 9.59 Å². The van der Waals surface area contributed by atoms with E-state index in [1.54, 1.807) is 4.68 Å². The standard InChI is InChI=1S/C16H18N6O2S/c1-10-19-11(2)22(21-10)7-4-6-17-15(23)12-9-18-14(20-16(12)24)13-5-3-8-25-13/h3,5,8-9H,4,6-7H2,1-2H3,(H,17,23)(H,18,20,24). The molecule has 2 N–H and O–H groups in total. The van der Waals surface area contributed by atoms with Gasteiger partial charge in [0.05, 0.1) is 4.88 Å². The number of hydrogen-bond donors (Lipinski definition) is 2. The molecule has 0 saturated carbocycles. The summed E-state index contributed by atoms with van der Waals surface area (Å²) in [6.45, 7) is 4.81. The van der Waals surface area contributed by atoms with Crippen LogP contribution < -0.4 is 10.9 Å². The second-order valence-corrected chi connectivity index (χ2v) is 6.44. The van der Waals surface area contributed by atoms with Gasteiger partial charge in [-0.25, -0.2) is 9.97 Å². The highest BCUT2D eigenvalue weighted by atomic mass is 32.1. The van der Waals surface area contributed by atoms with Gasteiger partial charge >= 0.3 is 0 Å². The molecule has 1 amide bonds. The summed E-state index contributed by atoms with van der Waals surface area (Å²) in [6, 6.07) is 3.73. The number of thiophene rings is 1. The van der Waals surface area contributed by atoms with Crippen LogP contribution in [0, 0.1) is 13.8 Å². The Morgan fingerprint density at radius 3 is 2.88 bits per heavy atom. The number of aryl methyl sites for hydroxylation is 3. The predicted octanol–water partition coefficient (Wildman–Crippen LogP) is 1.53. The normalized spacial score (nSPS) is 10.8. The number of hydrogen-bond acceptors (Lipinski definition) is 6. The summed E-state index contributed by atoms with van der Waals surface area (Å²) in [4.78, 5) is 36.1. The lowest BCUT2D eigenvalue weighted by molar-refractivity contribution is 0.0950. The van der Waals surface area contributed by atoms with Crippen LogP contribution in [0.4, 0.5) is 0 Å². The number of H-pyrrole nitrogens is 1. The summed E-state index contributed by atoms with van der Waals surface area (Å²) in [7, 11) is 0. The highest BCUT2D eigenvalue weighted by molar-refractivity contribution is 7.13. The van der Waals surface area contributed by atoms with Gasteiger partial charge in [0.25, 0.3) is 11.5 Å². The number of amides is 1. The van der Waals surface area contributed by atoms with Crippen molar-refractivity contribution in [2.75, 3.05) is 6.54 Å². The van der Waals surface area contributed by atoms with Crippen molar-refractivity contribution in [1.82, 2.24) is 30.0 Å². The first-order chi connectivity index (χ1) is 12.0. The van der Waals surface area contributed by atoms with Crippen LogP contribution in [0.5, 0.6) is 0 Å². The van der Waals surface area contributed by atoms with Gasteiger partial charge in [0.15, 0.2) is 0 Å². The Hall–Kier alpha value is -2.81. The van der Waals surface area contributed by atoms with Crippen LogP contribution in [-0.2, 0) is 6.54 Å². The van der Waals surface area contributed by atoms with Crippen molar-refractivity contribution in [1.29, 1.82) is 0 Å². The van der Waals surface area contributed by atoms with Crippen LogP contribution in [-0.4, -0.2) is 37.2 Å². The Morgan fingerprint density at radius 2 is 2.24 bits per heavy atom. The minimum Gasteiger partial charge on any atom is -0.352 e. The van der Waals surface area contributed by atoms with Crippen molar-refractivity contribution < 1.29 is 4.79 Å². The first-order valence-corrected chi connectivity index (χ1v) is 8.72. The maximum absolute atomic E-state index is 12.1. The number of rotatable bonds is 6. The zero-order valence-corrected chi connectivity index (χ0v) is 14.8. The van der Waals surface area contributed by atoms with Crippen LogP contribution in [0.2, 0.25) is 0 Å². The molecule has 3 aromatic heterocycles. The average Bonchev–Trinajstić information content (AvgIpc) is 3.21. The summed E-state index contributed by atoms with van der Waals surface area (Å²) in [6.07, 6.45) is 2.00. The van der Waals surface area contributed by atoms with Gasteiger partial charge in [-0.1, -0.05) is 6.07 Å². The Morgan fingerprint density at radius 1 is 1.40 bits per heavy atom. The lowest BCUT2D eigenvalue weighted by atomic mass is 10.3. The SMILES string of the molecule is Cc1nc(C)n(CCCNC(=O)c2cnc(-c3cccs3)[nH]c2=O)n1. The van der Waals surface area contributed by atoms with Gasteiger partial charge in [0.2, 0.25) is 0 Å². The molecule has 3 aromatic rings. The van der Waals surface area contributed by atoms with Crippen LogP contribution in [0.15, 0.2) is 28.5 Å². The lowest BCUT2D eigenvalue weighted by Gasteiger charge is -2.06. The topological polar surface area (TPSA) is 106 Å². The van der Waals surface area contributed by atoms with E-state index in [2.05, 4.69) is 25.4 Å². The molecular formula is C16H18N6O2S. The molecule has 0 unspecified atom stereocenters. The average molecular weight is 358 g/mol. The van der Waals surface area contributed by atoms with Crippen molar-refractivity contribution in [3.05, 3.63) is 51.3 Å². The van der Waals surface area contributed by atoms with E-state index < -0.39 is 11.5 Å². The molecule has 0 spiro atoms. The summed E-state index contributed by atoms with van der Waals surface area (Å²) in [5.74, 6) is 1.60. The molecule has 0 aliphatic carbocycles. The molecular weight excluding hydrogens is 340 g/mol. The van der Waals surface area contributed by atoms with Gasteiger partial charge in [-0.2, -0.15) is 5.10 Å².